The van der Waals surface area contributed by atoms with Crippen LogP contribution < -0.4 is 0 Å². The van der Waals surface area contributed by atoms with E-state index in [0.717, 1.165) is 57.1 Å². The summed E-state index contributed by atoms with van der Waals surface area (Å²) in [5, 5.41) is 46.6. The maximum absolute atomic E-state index is 11.6. The molecule has 0 saturated carbocycles. The summed E-state index contributed by atoms with van der Waals surface area (Å²) >= 11 is 5.55. The third-order valence-corrected chi connectivity index (χ3v) is 8.90. The summed E-state index contributed by atoms with van der Waals surface area (Å²) in [7, 11) is 0. The smallest absolute Gasteiger partial charge is 0.290 e. The zero-order valence-corrected chi connectivity index (χ0v) is 25.1. The van der Waals surface area contributed by atoms with E-state index in [1.807, 2.05) is 36.4 Å². The van der Waals surface area contributed by atoms with Gasteiger partial charge in [0.2, 0.25) is 0 Å². The Morgan fingerprint density at radius 3 is 1.39 bits per heavy atom. The van der Waals surface area contributed by atoms with E-state index in [9.17, 15) is 40.5 Å². The highest BCUT2D eigenvalue weighted by Crippen LogP contribution is 2.41. The number of aromatic nitrogens is 2. The average Bonchev–Trinajstić information content (AvgIpc) is 3.64. The number of halogens is 1. The van der Waals surface area contributed by atoms with Crippen LogP contribution in [-0.4, -0.2) is 29.7 Å². The number of benzene rings is 3. The van der Waals surface area contributed by atoms with Crippen molar-refractivity contribution in [3.05, 3.63) is 147 Å². The fraction of sp³-hybridized carbons (Fsp3) is 0.0370. The minimum Gasteiger partial charge on any atom is -0.352 e. The number of hydrogen-bond donors (Lipinski definition) is 2. The van der Waals surface area contributed by atoms with E-state index in [4.69, 9.17) is 0 Å². The van der Waals surface area contributed by atoms with Crippen molar-refractivity contribution < 1.29 is 19.7 Å². The van der Waals surface area contributed by atoms with Crippen molar-refractivity contribution >= 4 is 62.2 Å². The minimum atomic E-state index is -0.695. The summed E-state index contributed by atoms with van der Waals surface area (Å²) in [6.07, 6.45) is 0. The quantitative estimate of drug-likeness (QED) is 0.0999. The van der Waals surface area contributed by atoms with Gasteiger partial charge in [-0.05, 0) is 54.1 Å². The van der Waals surface area contributed by atoms with E-state index in [-0.39, 0.29) is 27.1 Å². The first-order valence-corrected chi connectivity index (χ1v) is 14.8. The molecule has 2 N–H and O–H groups in total. The highest BCUT2D eigenvalue weighted by molar-refractivity contribution is 9.10. The van der Waals surface area contributed by atoms with Crippen molar-refractivity contribution in [2.24, 2.45) is 0 Å². The average molecular weight is 698 g/mol. The van der Waals surface area contributed by atoms with Gasteiger partial charge in [-0.3, -0.25) is 40.5 Å². The summed E-state index contributed by atoms with van der Waals surface area (Å²) in [6.45, 7) is 0. The second kappa shape index (κ2) is 12.7. The molecule has 17 heteroatoms. The second-order valence-electron chi connectivity index (χ2n) is 9.08. The zero-order chi connectivity index (χ0) is 31.5. The standard InChI is InChI=1S/C27H17BrN6O8S2/c28-16-3-1-15(2-4-16)27(19-7-11-25(29-19)43-23-9-5-17(31(35)36)13-21(23)33(39)40)20-8-12-26(30-20)44-24-10-6-18(32(37)38)14-22(24)34(41)42/h1-14,27,29-30H. The Hall–Kier alpha value is -5.00. The van der Waals surface area contributed by atoms with Gasteiger partial charge in [-0.25, -0.2) is 0 Å². The molecule has 5 rings (SSSR count). The molecular weight excluding hydrogens is 680 g/mol. The molecule has 0 spiro atoms. The summed E-state index contributed by atoms with van der Waals surface area (Å²) in [6, 6.07) is 21.6. The minimum absolute atomic E-state index is 0.220. The first kappa shape index (κ1) is 30.5. The highest BCUT2D eigenvalue weighted by Gasteiger charge is 2.25. The number of aromatic amines is 2. The Bertz CT molecular complexity index is 1810. The molecule has 44 heavy (non-hydrogen) atoms. The summed E-state index contributed by atoms with van der Waals surface area (Å²) in [5.41, 5.74) is 0.768. The number of H-pyrrole nitrogens is 2. The molecule has 0 atom stereocenters. The lowest BCUT2D eigenvalue weighted by Gasteiger charge is -2.16. The molecule has 2 aromatic heterocycles. The van der Waals surface area contributed by atoms with E-state index >= 15 is 0 Å². The third-order valence-electron chi connectivity index (χ3n) is 6.33. The van der Waals surface area contributed by atoms with Crippen LogP contribution in [0.5, 0.6) is 0 Å². The number of nitrogens with zero attached hydrogens (tertiary/aromatic N) is 4. The molecule has 0 fully saturated rings. The summed E-state index contributed by atoms with van der Waals surface area (Å²) in [5.74, 6) is -0.384. The van der Waals surface area contributed by atoms with Crippen LogP contribution in [0, 0.1) is 40.5 Å². The number of nitrogens with one attached hydrogen (secondary N) is 2. The summed E-state index contributed by atoms with van der Waals surface area (Å²) < 4.78 is 0.862. The van der Waals surface area contributed by atoms with Gasteiger partial charge in [0.25, 0.3) is 22.7 Å². The van der Waals surface area contributed by atoms with Crippen molar-refractivity contribution in [3.63, 3.8) is 0 Å². The molecular formula is C27H17BrN6O8S2. The molecule has 222 valence electrons. The predicted octanol–water partition coefficient (Wildman–Crippen LogP) is 8.22. The predicted molar refractivity (Wildman–Crippen MR) is 164 cm³/mol. The van der Waals surface area contributed by atoms with Gasteiger partial charge >= 0.3 is 0 Å². The maximum atomic E-state index is 11.6. The molecule has 0 bridgehead atoms. The number of nitro groups is 4. The molecule has 0 amide bonds. The second-order valence-corrected chi connectivity index (χ2v) is 12.2. The largest absolute Gasteiger partial charge is 0.352 e. The van der Waals surface area contributed by atoms with Gasteiger partial charge in [0, 0.05) is 28.0 Å². The molecule has 0 aliphatic heterocycles. The van der Waals surface area contributed by atoms with Crippen LogP contribution in [-0.2, 0) is 0 Å². The highest BCUT2D eigenvalue weighted by atomic mass is 79.9. The van der Waals surface area contributed by atoms with Crippen molar-refractivity contribution in [3.8, 4) is 0 Å². The molecule has 0 saturated heterocycles. The molecule has 0 aliphatic rings. The fourth-order valence-electron chi connectivity index (χ4n) is 4.35. The van der Waals surface area contributed by atoms with Gasteiger partial charge in [-0.15, -0.1) is 0 Å². The molecule has 5 aromatic rings. The van der Waals surface area contributed by atoms with Crippen LogP contribution >= 0.6 is 39.5 Å². The van der Waals surface area contributed by atoms with Crippen molar-refractivity contribution in [2.45, 2.75) is 25.8 Å². The van der Waals surface area contributed by atoms with E-state index < -0.39 is 31.1 Å². The van der Waals surface area contributed by atoms with Crippen molar-refractivity contribution in [2.75, 3.05) is 0 Å². The number of hydrogen-bond acceptors (Lipinski definition) is 10. The van der Waals surface area contributed by atoms with Crippen LogP contribution in [0.4, 0.5) is 22.7 Å². The van der Waals surface area contributed by atoms with Gasteiger partial charge in [-0.1, -0.05) is 51.6 Å². The van der Waals surface area contributed by atoms with Crippen LogP contribution in [0.15, 0.2) is 109 Å². The first-order valence-electron chi connectivity index (χ1n) is 12.3. The van der Waals surface area contributed by atoms with Crippen LogP contribution in [0.1, 0.15) is 22.9 Å². The Balaban J connectivity index is 1.48. The monoisotopic (exact) mass is 696 g/mol. The Morgan fingerprint density at radius 1 is 0.568 bits per heavy atom. The summed E-state index contributed by atoms with van der Waals surface area (Å²) in [4.78, 5) is 49.8. The van der Waals surface area contributed by atoms with Gasteiger partial charge in [-0.2, -0.15) is 0 Å². The van der Waals surface area contributed by atoms with Gasteiger partial charge < -0.3 is 9.97 Å². The van der Waals surface area contributed by atoms with Gasteiger partial charge in [0.05, 0.1) is 57.6 Å². The zero-order valence-electron chi connectivity index (χ0n) is 21.9. The van der Waals surface area contributed by atoms with Crippen molar-refractivity contribution in [1.29, 1.82) is 0 Å². The van der Waals surface area contributed by atoms with Crippen LogP contribution in [0.3, 0.4) is 0 Å². The van der Waals surface area contributed by atoms with E-state index in [1.165, 1.54) is 24.3 Å². The topological polar surface area (TPSA) is 204 Å². The Morgan fingerprint density at radius 2 is 1.00 bits per heavy atom. The van der Waals surface area contributed by atoms with Crippen LogP contribution in [0.25, 0.3) is 0 Å². The number of rotatable bonds is 11. The lowest BCUT2D eigenvalue weighted by molar-refractivity contribution is -0.396. The normalized spacial score (nSPS) is 11.0. The molecule has 0 aliphatic carbocycles. The van der Waals surface area contributed by atoms with E-state index in [0.29, 0.717) is 10.1 Å². The van der Waals surface area contributed by atoms with Gasteiger partial charge in [0.1, 0.15) is 0 Å². The molecule has 0 unspecified atom stereocenters. The van der Waals surface area contributed by atoms with Gasteiger partial charge in [0.15, 0.2) is 0 Å². The third kappa shape index (κ3) is 6.64. The SMILES string of the molecule is O=[N+]([O-])c1ccc(Sc2ccc(C(c3ccc(Br)cc3)c3ccc(Sc4ccc([N+](=O)[O-])cc4[N+](=O)[O-])[nH]3)[nH]2)c([N+](=O)[O-])c1. The lowest BCUT2D eigenvalue weighted by Crippen LogP contribution is -2.04. The maximum Gasteiger partial charge on any atom is 0.290 e. The number of non-ortho nitro benzene ring substituents is 2. The molecule has 3 aromatic carbocycles. The number of nitro benzene ring substituents is 4. The first-order chi connectivity index (χ1) is 21.0. The van der Waals surface area contributed by atoms with E-state index in [2.05, 4.69) is 25.9 Å². The Labute approximate surface area is 263 Å². The van der Waals surface area contributed by atoms with Crippen molar-refractivity contribution in [1.82, 2.24) is 9.97 Å². The molecule has 2 heterocycles. The lowest BCUT2D eigenvalue weighted by atomic mass is 9.93. The van der Waals surface area contributed by atoms with E-state index in [1.54, 1.807) is 12.1 Å². The molecule has 0 radical (unpaired) electrons. The molecule has 14 nitrogen and oxygen atoms in total. The Kier molecular flexibility index (Phi) is 8.79. The van der Waals surface area contributed by atoms with Crippen LogP contribution in [0.2, 0.25) is 0 Å². The fourth-order valence-corrected chi connectivity index (χ4v) is 6.45.